The summed E-state index contributed by atoms with van der Waals surface area (Å²) in [4.78, 5) is 54.8. The van der Waals surface area contributed by atoms with Crippen LogP contribution in [0.15, 0.2) is 24.3 Å². The molecule has 0 radical (unpaired) electrons. The van der Waals surface area contributed by atoms with Crippen LogP contribution < -0.4 is 15.4 Å². The molecule has 3 aliphatic heterocycles. The lowest BCUT2D eigenvalue weighted by molar-refractivity contribution is -0.138. The van der Waals surface area contributed by atoms with Crippen molar-refractivity contribution in [1.29, 1.82) is 0 Å². The van der Waals surface area contributed by atoms with E-state index in [-0.39, 0.29) is 35.6 Å². The van der Waals surface area contributed by atoms with Gasteiger partial charge in [0.25, 0.3) is 5.91 Å². The minimum absolute atomic E-state index is 0.00516. The van der Waals surface area contributed by atoms with Crippen LogP contribution in [0.25, 0.3) is 0 Å². The third-order valence-corrected chi connectivity index (χ3v) is 6.76. The minimum Gasteiger partial charge on any atom is -0.497 e. The lowest BCUT2D eigenvalue weighted by atomic mass is 10.1. The second-order valence-corrected chi connectivity index (χ2v) is 8.80. The lowest BCUT2D eigenvalue weighted by Crippen LogP contribution is -2.52. The molecule has 1 aliphatic carbocycles. The molecule has 2 N–H and O–H groups in total. The number of carbonyl (C=O) groups is 4. The quantitative estimate of drug-likeness (QED) is 0.699. The molecule has 0 aromatic heterocycles. The Kier molecular flexibility index (Phi) is 4.83. The van der Waals surface area contributed by atoms with Gasteiger partial charge in [-0.05, 0) is 49.9 Å². The molecular formula is C22H26N4O5. The first-order valence-electron chi connectivity index (χ1n) is 10.8. The van der Waals surface area contributed by atoms with E-state index in [0.29, 0.717) is 37.2 Å². The van der Waals surface area contributed by atoms with Gasteiger partial charge in [-0.1, -0.05) is 0 Å². The number of methoxy groups -OCH3 is 1. The Labute approximate surface area is 180 Å². The van der Waals surface area contributed by atoms with Crippen LogP contribution in [0.5, 0.6) is 5.75 Å². The van der Waals surface area contributed by atoms with Gasteiger partial charge in [0.05, 0.1) is 13.2 Å². The van der Waals surface area contributed by atoms with Crippen molar-refractivity contribution < 1.29 is 23.9 Å². The minimum atomic E-state index is -0.735. The zero-order valence-electron chi connectivity index (χ0n) is 17.4. The number of benzene rings is 1. The molecule has 0 spiro atoms. The number of nitrogens with zero attached hydrogens (tertiary/aromatic N) is 2. The van der Waals surface area contributed by atoms with E-state index in [4.69, 9.17) is 4.74 Å². The predicted molar refractivity (Wildman–Crippen MR) is 109 cm³/mol. The molecule has 0 unspecified atom stereocenters. The Balaban J connectivity index is 1.35. The maximum atomic E-state index is 13.5. The first-order valence-corrected chi connectivity index (χ1v) is 10.8. The predicted octanol–water partition coefficient (Wildman–Crippen LogP) is -0.0962. The van der Waals surface area contributed by atoms with Gasteiger partial charge in [-0.2, -0.15) is 0 Å². The monoisotopic (exact) mass is 426 g/mol. The van der Waals surface area contributed by atoms with Gasteiger partial charge in [0.1, 0.15) is 17.8 Å². The molecule has 31 heavy (non-hydrogen) atoms. The first-order chi connectivity index (χ1) is 15.0. The van der Waals surface area contributed by atoms with Gasteiger partial charge >= 0.3 is 0 Å². The second kappa shape index (κ2) is 7.55. The average Bonchev–Trinajstić information content (AvgIpc) is 3.44. The van der Waals surface area contributed by atoms with Gasteiger partial charge in [0, 0.05) is 30.6 Å². The van der Waals surface area contributed by atoms with E-state index in [9.17, 15) is 19.2 Å². The topological polar surface area (TPSA) is 108 Å². The summed E-state index contributed by atoms with van der Waals surface area (Å²) in [6.07, 6.45) is 2.74. The standard InChI is InChI=1S/C22H26N4O5/c1-31-15-6-4-13(5-7-15)21(29)25-9-8-16-18(25)22(30)26-11-14(10-17(26)20(28)24-16)23-19(27)12-2-3-12/h4-7,12,14,16-18H,2-3,8-11H2,1H3,(H,23,27)(H,24,28)/t14-,16-,17+,18-/m0/s1. The van der Waals surface area contributed by atoms with Gasteiger partial charge < -0.3 is 25.2 Å². The highest BCUT2D eigenvalue weighted by molar-refractivity contribution is 6.01. The molecule has 1 aromatic carbocycles. The fraction of sp³-hybridized carbons (Fsp3) is 0.545. The fourth-order valence-corrected chi connectivity index (χ4v) is 4.92. The molecule has 9 heteroatoms. The summed E-state index contributed by atoms with van der Waals surface area (Å²) < 4.78 is 5.15. The van der Waals surface area contributed by atoms with Crippen LogP contribution in [0.4, 0.5) is 0 Å². The summed E-state index contributed by atoms with van der Waals surface area (Å²) in [7, 11) is 1.56. The number of hydrogen-bond acceptors (Lipinski definition) is 5. The highest BCUT2D eigenvalue weighted by Crippen LogP contribution is 2.32. The van der Waals surface area contributed by atoms with Crippen LogP contribution in [-0.2, 0) is 14.4 Å². The van der Waals surface area contributed by atoms with Gasteiger partial charge in [-0.3, -0.25) is 19.2 Å². The maximum absolute atomic E-state index is 13.5. The maximum Gasteiger partial charge on any atom is 0.254 e. The smallest absolute Gasteiger partial charge is 0.254 e. The summed E-state index contributed by atoms with van der Waals surface area (Å²) >= 11 is 0. The van der Waals surface area contributed by atoms with Gasteiger partial charge in [0.15, 0.2) is 0 Å². The number of carbonyl (C=O) groups excluding carboxylic acids is 4. The number of nitrogens with one attached hydrogen (secondary N) is 2. The molecule has 4 amide bonds. The third kappa shape index (κ3) is 3.51. The summed E-state index contributed by atoms with van der Waals surface area (Å²) in [5.41, 5.74) is 0.470. The summed E-state index contributed by atoms with van der Waals surface area (Å²) in [5, 5.41) is 5.96. The Hall–Kier alpha value is -3.10. The molecule has 3 saturated heterocycles. The molecule has 0 bridgehead atoms. The number of hydrogen-bond donors (Lipinski definition) is 2. The van der Waals surface area contributed by atoms with Crippen LogP contribution >= 0.6 is 0 Å². The van der Waals surface area contributed by atoms with Crippen molar-refractivity contribution >= 4 is 23.6 Å². The third-order valence-electron chi connectivity index (χ3n) is 6.76. The van der Waals surface area contributed by atoms with Crippen LogP contribution in [-0.4, -0.2) is 77.8 Å². The summed E-state index contributed by atoms with van der Waals surface area (Å²) in [6, 6.07) is 4.79. The van der Waals surface area contributed by atoms with E-state index in [0.717, 1.165) is 12.8 Å². The van der Waals surface area contributed by atoms with E-state index in [1.54, 1.807) is 41.2 Å². The molecule has 4 atom stereocenters. The molecule has 3 heterocycles. The Bertz CT molecular complexity index is 928. The molecule has 1 saturated carbocycles. The van der Waals surface area contributed by atoms with Gasteiger partial charge in [-0.15, -0.1) is 0 Å². The average molecular weight is 426 g/mol. The highest BCUT2D eigenvalue weighted by Gasteiger charge is 2.52. The number of rotatable bonds is 4. The molecule has 5 rings (SSSR count). The van der Waals surface area contributed by atoms with Crippen molar-refractivity contribution in [3.8, 4) is 5.75 Å². The molecule has 4 fully saturated rings. The van der Waals surface area contributed by atoms with Crippen molar-refractivity contribution in [3.63, 3.8) is 0 Å². The Morgan fingerprint density at radius 1 is 1.13 bits per heavy atom. The lowest BCUT2D eigenvalue weighted by Gasteiger charge is -2.29. The molecule has 4 aliphatic rings. The van der Waals surface area contributed by atoms with E-state index in [1.807, 2.05) is 0 Å². The first kappa shape index (κ1) is 19.8. The van der Waals surface area contributed by atoms with E-state index >= 15 is 0 Å². The molecular weight excluding hydrogens is 400 g/mol. The number of likely N-dealkylation sites (tertiary alicyclic amines) is 1. The van der Waals surface area contributed by atoms with Gasteiger partial charge in [-0.25, -0.2) is 0 Å². The summed E-state index contributed by atoms with van der Waals surface area (Å²) in [6.45, 7) is 0.690. The van der Waals surface area contributed by atoms with Crippen molar-refractivity contribution in [3.05, 3.63) is 29.8 Å². The van der Waals surface area contributed by atoms with E-state index in [2.05, 4.69) is 10.6 Å². The van der Waals surface area contributed by atoms with Crippen LogP contribution in [0.1, 0.15) is 36.0 Å². The highest BCUT2D eigenvalue weighted by atomic mass is 16.5. The van der Waals surface area contributed by atoms with E-state index in [1.165, 1.54) is 0 Å². The Morgan fingerprint density at radius 2 is 1.87 bits per heavy atom. The van der Waals surface area contributed by atoms with E-state index < -0.39 is 18.1 Å². The number of amides is 4. The van der Waals surface area contributed by atoms with Crippen molar-refractivity contribution in [2.75, 3.05) is 20.2 Å². The largest absolute Gasteiger partial charge is 0.497 e. The van der Waals surface area contributed by atoms with Crippen molar-refractivity contribution in [1.82, 2.24) is 20.4 Å². The van der Waals surface area contributed by atoms with Crippen LogP contribution in [0.3, 0.4) is 0 Å². The SMILES string of the molecule is COc1ccc(C(=O)N2CC[C@@H]3NC(=O)[C@H]4C[C@H](NC(=O)C5CC5)CN4C(=O)[C@H]32)cc1. The zero-order chi connectivity index (χ0) is 21.7. The van der Waals surface area contributed by atoms with Gasteiger partial charge in [0.2, 0.25) is 17.7 Å². The molecule has 164 valence electrons. The van der Waals surface area contributed by atoms with Crippen LogP contribution in [0, 0.1) is 5.92 Å². The Morgan fingerprint density at radius 3 is 2.55 bits per heavy atom. The van der Waals surface area contributed by atoms with Crippen molar-refractivity contribution in [2.45, 2.75) is 49.9 Å². The summed E-state index contributed by atoms with van der Waals surface area (Å²) in [5.74, 6) is 0.0489. The molecule has 9 nitrogen and oxygen atoms in total. The number of ether oxygens (including phenoxy) is 1. The van der Waals surface area contributed by atoms with Crippen molar-refractivity contribution in [2.24, 2.45) is 5.92 Å². The fourth-order valence-electron chi connectivity index (χ4n) is 4.92. The second-order valence-electron chi connectivity index (χ2n) is 8.80. The molecule has 1 aromatic rings. The van der Waals surface area contributed by atoms with Crippen LogP contribution in [0.2, 0.25) is 0 Å². The normalized spacial score (nSPS) is 29.7. The number of fused-ring (bicyclic) bond motifs is 2. The zero-order valence-corrected chi connectivity index (χ0v) is 17.4.